The van der Waals surface area contributed by atoms with Crippen LogP contribution in [0.4, 0.5) is 0 Å². The molecule has 2 heterocycles. The van der Waals surface area contributed by atoms with Gasteiger partial charge in [0.2, 0.25) is 5.91 Å². The Bertz CT molecular complexity index is 374. The van der Waals surface area contributed by atoms with E-state index in [1.807, 2.05) is 0 Å². The van der Waals surface area contributed by atoms with Gasteiger partial charge in [-0.25, -0.2) is 4.79 Å². The van der Waals surface area contributed by atoms with Crippen molar-refractivity contribution in [3.05, 3.63) is 0 Å². The number of rotatable bonds is 2. The average Bonchev–Trinajstić information content (AvgIpc) is 2.88. The maximum absolute atomic E-state index is 10.4. The predicted octanol–water partition coefficient (Wildman–Crippen LogP) is -3.91. The number of aliphatic hydroxyl groups is 4. The first kappa shape index (κ1) is 17.8. The van der Waals surface area contributed by atoms with Crippen molar-refractivity contribution in [2.75, 3.05) is 6.61 Å². The Labute approximate surface area is 120 Å². The number of carboxylic acid groups (broad SMARTS) is 1. The van der Waals surface area contributed by atoms with Crippen LogP contribution < -0.4 is 11.1 Å². The number of carboxylic acids is 1. The molecule has 0 aromatic carbocycles. The first-order chi connectivity index (χ1) is 9.77. The Morgan fingerprint density at radius 3 is 2.33 bits per heavy atom. The van der Waals surface area contributed by atoms with Crippen molar-refractivity contribution in [3.8, 4) is 0 Å². The second kappa shape index (κ2) is 7.64. The SMILES string of the molecule is N[C@H]1C(O)O[C@H](CO)[C@@H](O)[C@@H]1O.O=C1CCC(C(=O)O)N1. The summed E-state index contributed by atoms with van der Waals surface area (Å²) >= 11 is 0. The number of aliphatic carboxylic acids is 1. The van der Waals surface area contributed by atoms with Crippen LogP contribution in [-0.2, 0) is 14.3 Å². The van der Waals surface area contributed by atoms with E-state index in [1.54, 1.807) is 0 Å². The van der Waals surface area contributed by atoms with Crippen molar-refractivity contribution >= 4 is 11.9 Å². The standard InChI is InChI=1S/C6H13NO5.C5H7NO3/c7-3-5(10)4(9)2(1-8)12-6(3)11;7-4-2-1-3(6-4)5(8)9/h2-6,8-11H,1,7H2;3H,1-2H2,(H,6,7)(H,8,9)/t2-,3-,4-,5-,6?;/m1./s1. The zero-order chi connectivity index (χ0) is 16.2. The molecule has 2 rings (SSSR count). The van der Waals surface area contributed by atoms with Crippen molar-refractivity contribution in [1.29, 1.82) is 0 Å². The zero-order valence-electron chi connectivity index (χ0n) is 11.1. The summed E-state index contributed by atoms with van der Waals surface area (Å²) in [5.41, 5.74) is 5.26. The Morgan fingerprint density at radius 1 is 1.33 bits per heavy atom. The van der Waals surface area contributed by atoms with E-state index < -0.39 is 49.3 Å². The largest absolute Gasteiger partial charge is 0.480 e. The minimum absolute atomic E-state index is 0.164. The van der Waals surface area contributed by atoms with Crippen LogP contribution in [0.25, 0.3) is 0 Å². The van der Waals surface area contributed by atoms with Crippen molar-refractivity contribution in [2.45, 2.75) is 49.5 Å². The van der Waals surface area contributed by atoms with Gasteiger partial charge in [-0.05, 0) is 6.42 Å². The van der Waals surface area contributed by atoms with Crippen LogP contribution >= 0.6 is 0 Å². The highest BCUT2D eigenvalue weighted by Gasteiger charge is 2.41. The molecule has 0 bridgehead atoms. The van der Waals surface area contributed by atoms with E-state index in [0.717, 1.165) is 0 Å². The predicted molar refractivity (Wildman–Crippen MR) is 66.8 cm³/mol. The van der Waals surface area contributed by atoms with Crippen LogP contribution in [0.2, 0.25) is 0 Å². The number of aliphatic hydroxyl groups excluding tert-OH is 4. The Hall–Kier alpha value is -1.30. The highest BCUT2D eigenvalue weighted by Crippen LogP contribution is 2.17. The molecule has 21 heavy (non-hydrogen) atoms. The molecular weight excluding hydrogens is 288 g/mol. The van der Waals surface area contributed by atoms with Gasteiger partial charge >= 0.3 is 5.97 Å². The number of hydrogen-bond donors (Lipinski definition) is 7. The molecule has 2 saturated heterocycles. The molecule has 1 amide bonds. The summed E-state index contributed by atoms with van der Waals surface area (Å²) in [6.45, 7) is -0.470. The quantitative estimate of drug-likeness (QED) is 0.268. The van der Waals surface area contributed by atoms with Crippen LogP contribution in [-0.4, -0.2) is 80.7 Å². The van der Waals surface area contributed by atoms with E-state index >= 15 is 0 Å². The number of ether oxygens (including phenoxy) is 1. The third-order valence-electron chi connectivity index (χ3n) is 3.24. The van der Waals surface area contributed by atoms with E-state index in [-0.39, 0.29) is 5.91 Å². The van der Waals surface area contributed by atoms with Crippen LogP contribution in [0, 0.1) is 0 Å². The summed E-state index contributed by atoms with van der Waals surface area (Å²) < 4.78 is 4.70. The number of nitrogens with two attached hydrogens (primary N) is 1. The van der Waals surface area contributed by atoms with Gasteiger partial charge in [-0.1, -0.05) is 0 Å². The fourth-order valence-corrected chi connectivity index (χ4v) is 1.92. The van der Waals surface area contributed by atoms with Gasteiger partial charge in [-0.3, -0.25) is 4.79 Å². The Morgan fingerprint density at radius 2 is 1.95 bits per heavy atom. The molecule has 10 nitrogen and oxygen atoms in total. The third-order valence-corrected chi connectivity index (χ3v) is 3.24. The molecule has 0 radical (unpaired) electrons. The number of amides is 1. The Balaban J connectivity index is 0.000000219. The van der Waals surface area contributed by atoms with Crippen molar-refractivity contribution in [3.63, 3.8) is 0 Å². The van der Waals surface area contributed by atoms with Gasteiger partial charge in [0.25, 0.3) is 0 Å². The van der Waals surface area contributed by atoms with Gasteiger partial charge in [-0.2, -0.15) is 0 Å². The molecule has 0 aromatic heterocycles. The molecule has 2 unspecified atom stereocenters. The molecule has 122 valence electrons. The molecule has 2 fully saturated rings. The lowest BCUT2D eigenvalue weighted by atomic mass is 9.98. The van der Waals surface area contributed by atoms with Crippen LogP contribution in [0.5, 0.6) is 0 Å². The van der Waals surface area contributed by atoms with Gasteiger partial charge in [-0.15, -0.1) is 0 Å². The summed E-state index contributed by atoms with van der Waals surface area (Å²) in [6.07, 6.45) is -4.08. The van der Waals surface area contributed by atoms with Crippen LogP contribution in [0.1, 0.15) is 12.8 Å². The van der Waals surface area contributed by atoms with Gasteiger partial charge in [0, 0.05) is 6.42 Å². The number of nitrogens with one attached hydrogen (secondary N) is 1. The zero-order valence-corrected chi connectivity index (χ0v) is 11.1. The van der Waals surface area contributed by atoms with Gasteiger partial charge < -0.3 is 41.3 Å². The lowest BCUT2D eigenvalue weighted by Crippen LogP contribution is -2.61. The first-order valence-electron chi connectivity index (χ1n) is 6.36. The van der Waals surface area contributed by atoms with Crippen molar-refractivity contribution in [2.24, 2.45) is 5.73 Å². The van der Waals surface area contributed by atoms with E-state index in [9.17, 15) is 19.8 Å². The fourth-order valence-electron chi connectivity index (χ4n) is 1.92. The Kier molecular flexibility index (Phi) is 6.45. The molecule has 0 aromatic rings. The normalized spacial score (nSPS) is 39.2. The molecule has 8 N–H and O–H groups in total. The first-order valence-corrected chi connectivity index (χ1v) is 6.36. The lowest BCUT2D eigenvalue weighted by Gasteiger charge is -2.38. The van der Waals surface area contributed by atoms with Gasteiger partial charge in [0.15, 0.2) is 6.29 Å². The van der Waals surface area contributed by atoms with Crippen LogP contribution in [0.15, 0.2) is 0 Å². The number of hydrogen-bond acceptors (Lipinski definition) is 8. The second-order valence-corrected chi connectivity index (χ2v) is 4.80. The van der Waals surface area contributed by atoms with E-state index in [2.05, 4.69) is 5.32 Å². The smallest absolute Gasteiger partial charge is 0.326 e. The minimum atomic E-state index is -1.35. The van der Waals surface area contributed by atoms with E-state index in [1.165, 1.54) is 0 Å². The van der Waals surface area contributed by atoms with E-state index in [4.69, 9.17) is 25.8 Å². The maximum atomic E-state index is 10.4. The molecule has 2 aliphatic heterocycles. The maximum Gasteiger partial charge on any atom is 0.326 e. The van der Waals surface area contributed by atoms with Crippen molar-refractivity contribution in [1.82, 2.24) is 5.32 Å². The molecule has 10 heteroatoms. The third kappa shape index (κ3) is 4.59. The molecule has 0 saturated carbocycles. The second-order valence-electron chi connectivity index (χ2n) is 4.80. The fraction of sp³-hybridized carbons (Fsp3) is 0.818. The molecular formula is C11H20N2O8. The summed E-state index contributed by atoms with van der Waals surface area (Å²) in [5, 5.41) is 46.7. The highest BCUT2D eigenvalue weighted by atomic mass is 16.6. The highest BCUT2D eigenvalue weighted by molar-refractivity contribution is 5.87. The molecule has 0 spiro atoms. The van der Waals surface area contributed by atoms with Gasteiger partial charge in [0.1, 0.15) is 24.4 Å². The van der Waals surface area contributed by atoms with Gasteiger partial charge in [0.05, 0.1) is 12.6 Å². The summed E-state index contributed by atoms with van der Waals surface area (Å²) in [5.74, 6) is -1.11. The monoisotopic (exact) mass is 308 g/mol. The number of carbonyl (C=O) groups excluding carboxylic acids is 1. The molecule has 2 aliphatic rings. The summed E-state index contributed by atoms with van der Waals surface area (Å²) in [7, 11) is 0. The molecule has 6 atom stereocenters. The topological polar surface area (TPSA) is 183 Å². The summed E-state index contributed by atoms with van der Waals surface area (Å²) in [4.78, 5) is 20.5. The summed E-state index contributed by atoms with van der Waals surface area (Å²) in [6, 6.07) is -1.68. The molecule has 0 aliphatic carbocycles. The lowest BCUT2D eigenvalue weighted by molar-refractivity contribution is -0.248. The van der Waals surface area contributed by atoms with Crippen LogP contribution in [0.3, 0.4) is 0 Å². The van der Waals surface area contributed by atoms with E-state index in [0.29, 0.717) is 12.8 Å². The average molecular weight is 308 g/mol. The van der Waals surface area contributed by atoms with Crippen molar-refractivity contribution < 1.29 is 39.9 Å². The number of carbonyl (C=O) groups is 2. The minimum Gasteiger partial charge on any atom is -0.480 e.